The molecule has 2 aliphatic heterocycles. The maximum atomic E-state index is 11.9. The second kappa shape index (κ2) is 5.23. The van der Waals surface area contributed by atoms with Crippen LogP contribution in [0.4, 0.5) is 0 Å². The summed E-state index contributed by atoms with van der Waals surface area (Å²) in [5.41, 5.74) is -1.41. The molecular formula is C12H17N3O7S. The largest absolute Gasteiger partial charge is 0.347 e. The Labute approximate surface area is 131 Å². The van der Waals surface area contributed by atoms with Crippen molar-refractivity contribution in [1.29, 1.82) is 0 Å². The number of rotatable bonds is 3. The summed E-state index contributed by atoms with van der Waals surface area (Å²) in [6.45, 7) is 3.37. The van der Waals surface area contributed by atoms with Crippen LogP contribution in [0.5, 0.6) is 0 Å². The third-order valence-electron chi connectivity index (χ3n) is 3.57. The molecule has 23 heavy (non-hydrogen) atoms. The van der Waals surface area contributed by atoms with Crippen molar-refractivity contribution in [3.05, 3.63) is 27.0 Å². The number of nitrogens with zero attached hydrogens (tertiary/aromatic N) is 2. The molecule has 3 rings (SSSR count). The van der Waals surface area contributed by atoms with Gasteiger partial charge in [0, 0.05) is 6.26 Å². The molecule has 11 heteroatoms. The van der Waals surface area contributed by atoms with Gasteiger partial charge in [0.1, 0.15) is 34.3 Å². The fourth-order valence-electron chi connectivity index (χ4n) is 2.83. The molecule has 3 heterocycles. The molecule has 4 atom stereocenters. The highest BCUT2D eigenvalue weighted by atomic mass is 32.2. The van der Waals surface area contributed by atoms with E-state index in [9.17, 15) is 18.0 Å². The van der Waals surface area contributed by atoms with E-state index >= 15 is 0 Å². The second-order valence-electron chi connectivity index (χ2n) is 6.11. The van der Waals surface area contributed by atoms with Crippen molar-refractivity contribution >= 4 is 9.84 Å². The maximum absolute atomic E-state index is 11.9. The van der Waals surface area contributed by atoms with Crippen LogP contribution in [-0.4, -0.2) is 59.3 Å². The summed E-state index contributed by atoms with van der Waals surface area (Å²) in [5, 5.41) is 3.75. The van der Waals surface area contributed by atoms with Gasteiger partial charge in [-0.1, -0.05) is 0 Å². The molecule has 2 aliphatic rings. The van der Waals surface area contributed by atoms with Crippen LogP contribution in [0.2, 0.25) is 0 Å². The fourth-order valence-corrected chi connectivity index (χ4v) is 3.70. The third-order valence-corrected chi connectivity index (χ3v) is 4.50. The molecule has 0 aromatic carbocycles. The minimum absolute atomic E-state index is 0.276. The van der Waals surface area contributed by atoms with Gasteiger partial charge in [-0.05, 0) is 13.8 Å². The number of nitrogens with one attached hydrogen (secondary N) is 1. The summed E-state index contributed by atoms with van der Waals surface area (Å²) in [6.07, 6.45) is -1.15. The number of hydrogen-bond donors (Lipinski definition) is 1. The Bertz CT molecular complexity index is 828. The number of fused-ring (bicyclic) bond motifs is 1. The van der Waals surface area contributed by atoms with Gasteiger partial charge >= 0.3 is 5.69 Å². The van der Waals surface area contributed by atoms with Crippen molar-refractivity contribution in [3.8, 4) is 0 Å². The Morgan fingerprint density at radius 1 is 1.30 bits per heavy atom. The minimum Gasteiger partial charge on any atom is -0.346 e. The Morgan fingerprint density at radius 2 is 1.96 bits per heavy atom. The molecule has 2 fully saturated rings. The standard InChI is InChI=1S/C12H17N3O7S/c1-12(2)21-8-6(5-23(3,18)19)20-10(9(8)22-12)15-11(17)14-7(16)4-13-15/h4,6,8-10H,5H2,1-3H3,(H,14,16,17)/t6-,8+,9+,10+/m1/s1. The lowest BCUT2D eigenvalue weighted by atomic mass is 10.1. The summed E-state index contributed by atoms with van der Waals surface area (Å²) >= 11 is 0. The van der Waals surface area contributed by atoms with Gasteiger partial charge in [0.05, 0.1) is 5.75 Å². The SMILES string of the molecule is CC1(C)O[C@@H]2[C@H](O1)[C@@H](n1ncc(=O)[nH]c1=O)O[C@@H]2CS(C)(=O)=O. The second-order valence-corrected chi connectivity index (χ2v) is 8.29. The fraction of sp³-hybridized carbons (Fsp3) is 0.750. The molecule has 1 aromatic rings. The summed E-state index contributed by atoms with van der Waals surface area (Å²) in [4.78, 5) is 25.1. The normalized spacial score (nSPS) is 32.8. The van der Waals surface area contributed by atoms with Crippen LogP contribution in [0, 0.1) is 0 Å². The number of sulfone groups is 1. The summed E-state index contributed by atoms with van der Waals surface area (Å²) in [7, 11) is -3.33. The van der Waals surface area contributed by atoms with E-state index in [1.807, 2.05) is 0 Å². The summed E-state index contributed by atoms with van der Waals surface area (Å²) in [6, 6.07) is 0. The van der Waals surface area contributed by atoms with E-state index in [0.29, 0.717) is 0 Å². The molecule has 0 bridgehead atoms. The Morgan fingerprint density at radius 3 is 2.57 bits per heavy atom. The highest BCUT2D eigenvalue weighted by molar-refractivity contribution is 7.90. The highest BCUT2D eigenvalue weighted by Crippen LogP contribution is 2.42. The van der Waals surface area contributed by atoms with E-state index < -0.39 is 51.4 Å². The van der Waals surface area contributed by atoms with Gasteiger partial charge in [-0.3, -0.25) is 9.78 Å². The Hall–Kier alpha value is -1.56. The summed E-state index contributed by atoms with van der Waals surface area (Å²) in [5.74, 6) is -1.22. The van der Waals surface area contributed by atoms with Crippen LogP contribution < -0.4 is 11.2 Å². The molecular weight excluding hydrogens is 330 g/mol. The van der Waals surface area contributed by atoms with Crippen molar-refractivity contribution in [1.82, 2.24) is 14.8 Å². The molecule has 1 N–H and O–H groups in total. The van der Waals surface area contributed by atoms with Gasteiger partial charge < -0.3 is 14.2 Å². The van der Waals surface area contributed by atoms with E-state index in [4.69, 9.17) is 14.2 Å². The number of aromatic nitrogens is 3. The van der Waals surface area contributed by atoms with E-state index in [-0.39, 0.29) is 5.75 Å². The first-order valence-corrected chi connectivity index (χ1v) is 8.99. The molecule has 0 unspecified atom stereocenters. The predicted molar refractivity (Wildman–Crippen MR) is 76.6 cm³/mol. The van der Waals surface area contributed by atoms with Crippen molar-refractivity contribution in [2.24, 2.45) is 0 Å². The van der Waals surface area contributed by atoms with Crippen LogP contribution in [-0.2, 0) is 24.0 Å². The molecule has 0 aliphatic carbocycles. The third kappa shape index (κ3) is 3.22. The molecule has 10 nitrogen and oxygen atoms in total. The first-order valence-electron chi connectivity index (χ1n) is 6.93. The highest BCUT2D eigenvalue weighted by Gasteiger charge is 2.57. The van der Waals surface area contributed by atoms with Crippen LogP contribution >= 0.6 is 0 Å². The Balaban J connectivity index is 1.98. The first-order chi connectivity index (χ1) is 10.6. The topological polar surface area (TPSA) is 130 Å². The number of ether oxygens (including phenoxy) is 3. The predicted octanol–water partition coefficient (Wildman–Crippen LogP) is -1.61. The zero-order chi connectivity index (χ0) is 17.0. The smallest absolute Gasteiger partial charge is 0.346 e. The van der Waals surface area contributed by atoms with Crippen molar-refractivity contribution in [3.63, 3.8) is 0 Å². The average molecular weight is 347 g/mol. The van der Waals surface area contributed by atoms with Crippen LogP contribution in [0.1, 0.15) is 20.1 Å². The number of hydrogen-bond acceptors (Lipinski definition) is 8. The molecule has 0 saturated carbocycles. The average Bonchev–Trinajstić information content (AvgIpc) is 2.83. The summed E-state index contributed by atoms with van der Waals surface area (Å²) < 4.78 is 41.2. The monoisotopic (exact) mass is 347 g/mol. The van der Waals surface area contributed by atoms with Crippen LogP contribution in [0.15, 0.2) is 15.8 Å². The maximum Gasteiger partial charge on any atom is 0.347 e. The van der Waals surface area contributed by atoms with Crippen molar-refractivity contribution in [2.45, 2.75) is 44.2 Å². The van der Waals surface area contributed by atoms with E-state index in [1.165, 1.54) is 0 Å². The van der Waals surface area contributed by atoms with Gasteiger partial charge in [0.15, 0.2) is 12.0 Å². The molecule has 2 saturated heterocycles. The lowest BCUT2D eigenvalue weighted by Crippen LogP contribution is -2.39. The molecule has 1 aromatic heterocycles. The van der Waals surface area contributed by atoms with Gasteiger partial charge in [0.25, 0.3) is 5.56 Å². The lowest BCUT2D eigenvalue weighted by Gasteiger charge is -2.24. The van der Waals surface area contributed by atoms with E-state index in [2.05, 4.69) is 10.1 Å². The van der Waals surface area contributed by atoms with Crippen molar-refractivity contribution < 1.29 is 22.6 Å². The molecule has 0 spiro atoms. The molecule has 0 radical (unpaired) electrons. The van der Waals surface area contributed by atoms with Gasteiger partial charge in [-0.2, -0.15) is 9.78 Å². The quantitative estimate of drug-likeness (QED) is 0.691. The van der Waals surface area contributed by atoms with E-state index in [1.54, 1.807) is 13.8 Å². The van der Waals surface area contributed by atoms with Crippen molar-refractivity contribution in [2.75, 3.05) is 12.0 Å². The molecule has 0 amide bonds. The van der Waals surface area contributed by atoms with Crippen LogP contribution in [0.25, 0.3) is 0 Å². The first kappa shape index (κ1) is 16.3. The van der Waals surface area contributed by atoms with Gasteiger partial charge in [0.2, 0.25) is 0 Å². The molecule has 128 valence electrons. The van der Waals surface area contributed by atoms with E-state index in [0.717, 1.165) is 17.1 Å². The van der Waals surface area contributed by atoms with Gasteiger partial charge in [-0.25, -0.2) is 13.2 Å². The zero-order valence-corrected chi connectivity index (χ0v) is 13.6. The zero-order valence-electron chi connectivity index (χ0n) is 12.8. The number of H-pyrrole nitrogens is 1. The van der Waals surface area contributed by atoms with Crippen LogP contribution in [0.3, 0.4) is 0 Å². The van der Waals surface area contributed by atoms with Gasteiger partial charge in [-0.15, -0.1) is 0 Å². The minimum atomic E-state index is -3.33. The number of aromatic amines is 1. The Kier molecular flexibility index (Phi) is 3.71. The lowest BCUT2D eigenvalue weighted by molar-refractivity contribution is -0.196.